The molecule has 0 radical (unpaired) electrons. The molecule has 1 N–H and O–H groups in total. The summed E-state index contributed by atoms with van der Waals surface area (Å²) in [6, 6.07) is 0. The monoisotopic (exact) mass is 124 g/mol. The van der Waals surface area contributed by atoms with Gasteiger partial charge in [-0.1, -0.05) is 24.0 Å². The Bertz CT molecular complexity index is 134. The zero-order valence-corrected chi connectivity index (χ0v) is 5.89. The van der Waals surface area contributed by atoms with E-state index < -0.39 is 6.10 Å². The molecule has 1 heteroatoms. The predicted octanol–water partition coefficient (Wildman–Crippen LogP) is 1.34. The molecule has 0 aliphatic carbocycles. The molecule has 9 heavy (non-hydrogen) atoms. The van der Waals surface area contributed by atoms with Crippen LogP contribution in [0.5, 0.6) is 0 Å². The zero-order chi connectivity index (χ0) is 7.11. The number of rotatable bonds is 1. The summed E-state index contributed by atoms with van der Waals surface area (Å²) in [5.74, 6) is 5.43. The molecule has 0 bridgehead atoms. The van der Waals surface area contributed by atoms with E-state index in [0.29, 0.717) is 0 Å². The van der Waals surface area contributed by atoms with E-state index in [1.807, 2.05) is 19.1 Å². The van der Waals surface area contributed by atoms with Crippen LogP contribution in [0.15, 0.2) is 12.2 Å². The Balaban J connectivity index is 3.38. The molecule has 0 rings (SSSR count). The number of hydrogen-bond acceptors (Lipinski definition) is 1. The van der Waals surface area contributed by atoms with E-state index in [2.05, 4.69) is 11.8 Å². The van der Waals surface area contributed by atoms with Gasteiger partial charge in [-0.15, -0.1) is 0 Å². The molecule has 1 unspecified atom stereocenters. The zero-order valence-electron chi connectivity index (χ0n) is 5.89. The average molecular weight is 124 g/mol. The van der Waals surface area contributed by atoms with Gasteiger partial charge in [-0.2, -0.15) is 0 Å². The van der Waals surface area contributed by atoms with Crippen molar-refractivity contribution in [3.05, 3.63) is 12.2 Å². The van der Waals surface area contributed by atoms with E-state index in [4.69, 9.17) is 5.11 Å². The van der Waals surface area contributed by atoms with E-state index in [-0.39, 0.29) is 0 Å². The minimum absolute atomic E-state index is 0.491. The highest BCUT2D eigenvalue weighted by Gasteiger charge is 1.79. The summed E-state index contributed by atoms with van der Waals surface area (Å²) >= 11 is 0. The van der Waals surface area contributed by atoms with Gasteiger partial charge < -0.3 is 5.11 Å². The molecule has 0 aliphatic rings. The third-order valence-electron chi connectivity index (χ3n) is 0.767. The SMILES string of the molecule is C/C=C/CC#CC(C)O. The first kappa shape index (κ1) is 8.26. The molecule has 1 atom stereocenters. The predicted molar refractivity (Wildman–Crippen MR) is 38.9 cm³/mol. The molecule has 0 fully saturated rings. The van der Waals surface area contributed by atoms with Crippen molar-refractivity contribution in [3.8, 4) is 11.8 Å². The number of aliphatic hydroxyl groups is 1. The molecule has 0 saturated heterocycles. The second kappa shape index (κ2) is 5.40. The minimum atomic E-state index is -0.491. The molecule has 0 heterocycles. The number of aliphatic hydroxyl groups excluding tert-OH is 1. The Hall–Kier alpha value is -0.740. The summed E-state index contributed by atoms with van der Waals surface area (Å²) in [7, 11) is 0. The van der Waals surface area contributed by atoms with Crippen molar-refractivity contribution < 1.29 is 5.11 Å². The lowest BCUT2D eigenvalue weighted by Gasteiger charge is -1.84. The van der Waals surface area contributed by atoms with Crippen molar-refractivity contribution in [3.63, 3.8) is 0 Å². The van der Waals surface area contributed by atoms with Crippen molar-refractivity contribution >= 4 is 0 Å². The topological polar surface area (TPSA) is 20.2 Å². The van der Waals surface area contributed by atoms with Crippen LogP contribution in [0.3, 0.4) is 0 Å². The molecule has 0 saturated carbocycles. The molecule has 0 aromatic carbocycles. The van der Waals surface area contributed by atoms with Gasteiger partial charge in [-0.05, 0) is 13.8 Å². The highest BCUT2D eigenvalue weighted by atomic mass is 16.3. The number of hydrogen-bond donors (Lipinski definition) is 1. The van der Waals surface area contributed by atoms with Gasteiger partial charge in [-0.25, -0.2) is 0 Å². The van der Waals surface area contributed by atoms with Crippen molar-refractivity contribution in [1.29, 1.82) is 0 Å². The molecule has 0 spiro atoms. The first-order valence-electron chi connectivity index (χ1n) is 3.05. The van der Waals surface area contributed by atoms with Crippen LogP contribution in [-0.4, -0.2) is 11.2 Å². The Morgan fingerprint density at radius 2 is 2.33 bits per heavy atom. The van der Waals surface area contributed by atoms with Gasteiger partial charge in [0.25, 0.3) is 0 Å². The van der Waals surface area contributed by atoms with Crippen LogP contribution in [0.4, 0.5) is 0 Å². The second-order valence-corrected chi connectivity index (χ2v) is 1.77. The molecule has 0 aromatic rings. The fourth-order valence-electron chi connectivity index (χ4n) is 0.383. The molecule has 1 nitrogen and oxygen atoms in total. The lowest BCUT2D eigenvalue weighted by atomic mass is 10.3. The summed E-state index contributed by atoms with van der Waals surface area (Å²) in [5, 5.41) is 8.65. The van der Waals surface area contributed by atoms with Gasteiger partial charge in [0.1, 0.15) is 6.10 Å². The fraction of sp³-hybridized carbons (Fsp3) is 0.500. The maximum atomic E-state index is 8.65. The van der Waals surface area contributed by atoms with Crippen molar-refractivity contribution in [1.82, 2.24) is 0 Å². The van der Waals surface area contributed by atoms with E-state index in [9.17, 15) is 0 Å². The average Bonchev–Trinajstić information content (AvgIpc) is 1.80. The molecule has 0 aromatic heterocycles. The first-order chi connectivity index (χ1) is 4.27. The van der Waals surface area contributed by atoms with E-state index in [0.717, 1.165) is 6.42 Å². The van der Waals surface area contributed by atoms with Gasteiger partial charge in [0.05, 0.1) is 0 Å². The van der Waals surface area contributed by atoms with Gasteiger partial charge >= 0.3 is 0 Å². The molecular weight excluding hydrogens is 112 g/mol. The largest absolute Gasteiger partial charge is 0.381 e. The van der Waals surface area contributed by atoms with Crippen LogP contribution in [0.1, 0.15) is 20.3 Å². The van der Waals surface area contributed by atoms with E-state index in [1.54, 1.807) is 6.92 Å². The lowest BCUT2D eigenvalue weighted by molar-refractivity contribution is 0.253. The lowest BCUT2D eigenvalue weighted by Crippen LogP contribution is -1.91. The van der Waals surface area contributed by atoms with E-state index >= 15 is 0 Å². The molecule has 0 aliphatic heterocycles. The minimum Gasteiger partial charge on any atom is -0.381 e. The third-order valence-corrected chi connectivity index (χ3v) is 0.767. The number of allylic oxidation sites excluding steroid dienone is 2. The quantitative estimate of drug-likeness (QED) is 0.413. The summed E-state index contributed by atoms with van der Waals surface area (Å²) in [5.41, 5.74) is 0. The van der Waals surface area contributed by atoms with Crippen LogP contribution < -0.4 is 0 Å². The summed E-state index contributed by atoms with van der Waals surface area (Å²) in [6.45, 7) is 3.60. The van der Waals surface area contributed by atoms with Gasteiger partial charge in [0.2, 0.25) is 0 Å². The van der Waals surface area contributed by atoms with Gasteiger partial charge in [0.15, 0.2) is 0 Å². The van der Waals surface area contributed by atoms with Crippen LogP contribution in [-0.2, 0) is 0 Å². The summed E-state index contributed by atoms with van der Waals surface area (Å²) in [6.07, 6.45) is 4.14. The Kier molecular flexibility index (Phi) is 4.95. The molecule has 0 amide bonds. The van der Waals surface area contributed by atoms with Gasteiger partial charge in [0, 0.05) is 6.42 Å². The van der Waals surface area contributed by atoms with Crippen molar-refractivity contribution in [2.75, 3.05) is 0 Å². The first-order valence-corrected chi connectivity index (χ1v) is 3.05. The second-order valence-electron chi connectivity index (χ2n) is 1.77. The smallest absolute Gasteiger partial charge is 0.111 e. The molecular formula is C8H12O. The Labute approximate surface area is 56.4 Å². The van der Waals surface area contributed by atoms with Crippen molar-refractivity contribution in [2.45, 2.75) is 26.4 Å². The summed E-state index contributed by atoms with van der Waals surface area (Å²) in [4.78, 5) is 0. The van der Waals surface area contributed by atoms with E-state index in [1.165, 1.54) is 0 Å². The fourth-order valence-corrected chi connectivity index (χ4v) is 0.383. The standard InChI is InChI=1S/C8H12O/c1-3-4-5-6-7-8(2)9/h3-4,8-9H,5H2,1-2H3/b4-3+. The third kappa shape index (κ3) is 7.26. The van der Waals surface area contributed by atoms with Crippen LogP contribution in [0.25, 0.3) is 0 Å². The van der Waals surface area contributed by atoms with Gasteiger partial charge in [-0.3, -0.25) is 0 Å². The Morgan fingerprint density at radius 1 is 1.67 bits per heavy atom. The maximum Gasteiger partial charge on any atom is 0.111 e. The summed E-state index contributed by atoms with van der Waals surface area (Å²) < 4.78 is 0. The van der Waals surface area contributed by atoms with Crippen LogP contribution in [0, 0.1) is 11.8 Å². The normalized spacial score (nSPS) is 12.8. The van der Waals surface area contributed by atoms with Crippen LogP contribution >= 0.6 is 0 Å². The highest BCUT2D eigenvalue weighted by Crippen LogP contribution is 1.79. The Morgan fingerprint density at radius 3 is 2.78 bits per heavy atom. The molecule has 50 valence electrons. The maximum absolute atomic E-state index is 8.65. The van der Waals surface area contributed by atoms with Crippen molar-refractivity contribution in [2.24, 2.45) is 0 Å². The highest BCUT2D eigenvalue weighted by molar-refractivity contribution is 5.06. The van der Waals surface area contributed by atoms with Crippen LogP contribution in [0.2, 0.25) is 0 Å².